The van der Waals surface area contributed by atoms with Gasteiger partial charge in [0.2, 0.25) is 5.91 Å². The molecule has 3 nitrogen and oxygen atoms in total. The zero-order valence-electron chi connectivity index (χ0n) is 9.81. The Hall–Kier alpha value is -2.21. The van der Waals surface area contributed by atoms with Crippen LogP contribution in [0, 0.1) is 12.3 Å². The number of carbonyl (C=O) groups is 1. The van der Waals surface area contributed by atoms with Crippen molar-refractivity contribution in [1.82, 2.24) is 5.32 Å². The van der Waals surface area contributed by atoms with Crippen LogP contribution in [0.5, 0.6) is 0 Å². The van der Waals surface area contributed by atoms with Crippen molar-refractivity contribution in [3.05, 3.63) is 35.9 Å². The molecule has 0 fully saturated rings. The minimum Gasteiger partial charge on any atom is -0.399 e. The van der Waals surface area contributed by atoms with Crippen LogP contribution in [0.2, 0.25) is 0 Å². The fraction of sp³-hybridized carbons (Fsp3) is 0.214. The summed E-state index contributed by atoms with van der Waals surface area (Å²) >= 11 is 0. The molecule has 1 atom stereocenters. The number of nitrogen functional groups attached to an aromatic ring is 1. The number of benzene rings is 1. The summed E-state index contributed by atoms with van der Waals surface area (Å²) in [4.78, 5) is 11.5. The monoisotopic (exact) mass is 228 g/mol. The summed E-state index contributed by atoms with van der Waals surface area (Å²) in [5.41, 5.74) is 7.20. The summed E-state index contributed by atoms with van der Waals surface area (Å²) in [7, 11) is 0. The van der Waals surface area contributed by atoms with E-state index in [9.17, 15) is 4.79 Å². The predicted octanol–water partition coefficient (Wildman–Crippen LogP) is 1.81. The predicted molar refractivity (Wildman–Crippen MR) is 70.9 cm³/mol. The van der Waals surface area contributed by atoms with Gasteiger partial charge in [-0.25, -0.2) is 0 Å². The lowest BCUT2D eigenvalue weighted by Crippen LogP contribution is -2.30. The highest BCUT2D eigenvalue weighted by molar-refractivity contribution is 5.92. The first-order chi connectivity index (χ1) is 8.11. The number of nitrogens with two attached hydrogens (primary N) is 1. The molecule has 1 unspecified atom stereocenters. The van der Waals surface area contributed by atoms with Crippen LogP contribution in [0.25, 0.3) is 6.08 Å². The first-order valence-electron chi connectivity index (χ1n) is 5.39. The Morgan fingerprint density at radius 2 is 2.41 bits per heavy atom. The van der Waals surface area contributed by atoms with Gasteiger partial charge in [0.25, 0.3) is 0 Å². The maximum atomic E-state index is 11.5. The van der Waals surface area contributed by atoms with Gasteiger partial charge in [0, 0.05) is 24.2 Å². The van der Waals surface area contributed by atoms with Crippen LogP contribution in [0.1, 0.15) is 18.9 Å². The molecular weight excluding hydrogens is 212 g/mol. The molecule has 3 N–H and O–H groups in total. The molecule has 0 heterocycles. The smallest absolute Gasteiger partial charge is 0.244 e. The zero-order chi connectivity index (χ0) is 12.7. The van der Waals surface area contributed by atoms with Crippen molar-refractivity contribution in [3.63, 3.8) is 0 Å². The molecule has 1 rings (SSSR count). The minimum atomic E-state index is -0.157. The van der Waals surface area contributed by atoms with E-state index in [4.69, 9.17) is 12.2 Å². The Morgan fingerprint density at radius 1 is 1.65 bits per heavy atom. The van der Waals surface area contributed by atoms with Gasteiger partial charge in [0.05, 0.1) is 0 Å². The van der Waals surface area contributed by atoms with Gasteiger partial charge in [0.1, 0.15) is 0 Å². The molecule has 0 spiro atoms. The molecular formula is C14H16N2O. The second-order valence-electron chi connectivity index (χ2n) is 3.82. The SMILES string of the molecule is C#CCC(C)NC(=O)/C=C/c1cccc(N)c1. The topological polar surface area (TPSA) is 55.1 Å². The molecule has 3 heteroatoms. The van der Waals surface area contributed by atoms with E-state index in [0.29, 0.717) is 12.1 Å². The molecule has 0 aliphatic carbocycles. The van der Waals surface area contributed by atoms with Crippen LogP contribution < -0.4 is 11.1 Å². The van der Waals surface area contributed by atoms with Gasteiger partial charge in [-0.2, -0.15) is 0 Å². The maximum absolute atomic E-state index is 11.5. The number of amides is 1. The third kappa shape index (κ3) is 4.89. The Balaban J connectivity index is 2.54. The van der Waals surface area contributed by atoms with Crippen LogP contribution in [0.15, 0.2) is 30.3 Å². The van der Waals surface area contributed by atoms with Crippen LogP contribution in [0.4, 0.5) is 5.69 Å². The normalized spacial score (nSPS) is 12.0. The lowest BCUT2D eigenvalue weighted by Gasteiger charge is -2.07. The second kappa shape index (κ2) is 6.39. The fourth-order valence-electron chi connectivity index (χ4n) is 1.35. The van der Waals surface area contributed by atoms with Crippen LogP contribution in [0.3, 0.4) is 0 Å². The molecule has 0 aromatic heterocycles. The summed E-state index contributed by atoms with van der Waals surface area (Å²) in [6.45, 7) is 1.87. The summed E-state index contributed by atoms with van der Waals surface area (Å²) in [6.07, 6.45) is 8.87. The van der Waals surface area contributed by atoms with E-state index >= 15 is 0 Å². The van der Waals surface area contributed by atoms with E-state index in [2.05, 4.69) is 11.2 Å². The summed E-state index contributed by atoms with van der Waals surface area (Å²) < 4.78 is 0. The van der Waals surface area contributed by atoms with Crippen molar-refractivity contribution in [2.24, 2.45) is 0 Å². The van der Waals surface area contributed by atoms with E-state index in [1.807, 2.05) is 19.1 Å². The number of hydrogen-bond acceptors (Lipinski definition) is 2. The van der Waals surface area contributed by atoms with Crippen LogP contribution in [-0.4, -0.2) is 11.9 Å². The van der Waals surface area contributed by atoms with Crippen molar-refractivity contribution in [2.45, 2.75) is 19.4 Å². The fourth-order valence-corrected chi connectivity index (χ4v) is 1.35. The van der Waals surface area contributed by atoms with Crippen LogP contribution >= 0.6 is 0 Å². The van der Waals surface area contributed by atoms with E-state index < -0.39 is 0 Å². The van der Waals surface area contributed by atoms with Crippen LogP contribution in [-0.2, 0) is 4.79 Å². The summed E-state index contributed by atoms with van der Waals surface area (Å²) in [5.74, 6) is 2.34. The number of anilines is 1. The second-order valence-corrected chi connectivity index (χ2v) is 3.82. The summed E-state index contributed by atoms with van der Waals surface area (Å²) in [6, 6.07) is 7.30. The molecule has 0 aliphatic heterocycles. The molecule has 0 bridgehead atoms. The Labute approximate surface area is 102 Å². The zero-order valence-corrected chi connectivity index (χ0v) is 9.81. The lowest BCUT2D eigenvalue weighted by atomic mass is 10.2. The minimum absolute atomic E-state index is 0.0157. The largest absolute Gasteiger partial charge is 0.399 e. The van der Waals surface area contributed by atoms with Gasteiger partial charge in [0.15, 0.2) is 0 Å². The lowest BCUT2D eigenvalue weighted by molar-refractivity contribution is -0.116. The molecule has 88 valence electrons. The average Bonchev–Trinajstić information content (AvgIpc) is 2.27. The molecule has 0 aliphatic rings. The van der Waals surface area contributed by atoms with Gasteiger partial charge < -0.3 is 11.1 Å². The molecule has 1 aromatic rings. The molecule has 0 saturated carbocycles. The van der Waals surface area contributed by atoms with Crippen molar-refractivity contribution in [3.8, 4) is 12.3 Å². The van der Waals surface area contributed by atoms with Crippen molar-refractivity contribution in [1.29, 1.82) is 0 Å². The molecule has 1 amide bonds. The maximum Gasteiger partial charge on any atom is 0.244 e. The van der Waals surface area contributed by atoms with Crippen molar-refractivity contribution < 1.29 is 4.79 Å². The average molecular weight is 228 g/mol. The molecule has 17 heavy (non-hydrogen) atoms. The van der Waals surface area contributed by atoms with Gasteiger partial charge in [-0.05, 0) is 30.7 Å². The first-order valence-corrected chi connectivity index (χ1v) is 5.39. The van der Waals surface area contributed by atoms with Crippen molar-refractivity contribution in [2.75, 3.05) is 5.73 Å². The standard InChI is InChI=1S/C14H16N2O/c1-3-5-11(2)16-14(17)9-8-12-6-4-7-13(15)10-12/h1,4,6-11H,5,15H2,2H3,(H,16,17)/b9-8+. The number of nitrogens with one attached hydrogen (secondary N) is 1. The van der Waals surface area contributed by atoms with E-state index in [1.165, 1.54) is 6.08 Å². The number of carbonyl (C=O) groups excluding carboxylic acids is 1. The van der Waals surface area contributed by atoms with Crippen molar-refractivity contribution >= 4 is 17.7 Å². The van der Waals surface area contributed by atoms with E-state index in [-0.39, 0.29) is 11.9 Å². The van der Waals surface area contributed by atoms with Gasteiger partial charge in [-0.1, -0.05) is 12.1 Å². The number of terminal acetylenes is 1. The molecule has 0 radical (unpaired) electrons. The third-order valence-corrected chi connectivity index (χ3v) is 2.15. The summed E-state index contributed by atoms with van der Waals surface area (Å²) in [5, 5.41) is 2.77. The van der Waals surface area contributed by atoms with E-state index in [0.717, 1.165) is 5.56 Å². The third-order valence-electron chi connectivity index (χ3n) is 2.15. The van der Waals surface area contributed by atoms with Gasteiger partial charge in [-0.3, -0.25) is 4.79 Å². The Kier molecular flexibility index (Phi) is 4.83. The van der Waals surface area contributed by atoms with E-state index in [1.54, 1.807) is 18.2 Å². The highest BCUT2D eigenvalue weighted by Gasteiger charge is 2.01. The quantitative estimate of drug-likeness (QED) is 0.469. The number of rotatable bonds is 4. The Bertz CT molecular complexity index is 458. The van der Waals surface area contributed by atoms with Gasteiger partial charge in [-0.15, -0.1) is 12.3 Å². The Morgan fingerprint density at radius 3 is 3.06 bits per heavy atom. The molecule has 1 aromatic carbocycles. The van der Waals surface area contributed by atoms with Gasteiger partial charge >= 0.3 is 0 Å². The first kappa shape index (κ1) is 12.9. The number of hydrogen-bond donors (Lipinski definition) is 2. The highest BCUT2D eigenvalue weighted by atomic mass is 16.1. The highest BCUT2D eigenvalue weighted by Crippen LogP contribution is 2.07. The molecule has 0 saturated heterocycles.